The molecule has 1 atom stereocenters. The van der Waals surface area contributed by atoms with Crippen molar-refractivity contribution in [2.45, 2.75) is 13.0 Å². The lowest BCUT2D eigenvalue weighted by Gasteiger charge is -2.18. The second kappa shape index (κ2) is 7.21. The van der Waals surface area contributed by atoms with Gasteiger partial charge < -0.3 is 9.47 Å². The third kappa shape index (κ3) is 3.06. The summed E-state index contributed by atoms with van der Waals surface area (Å²) in [5.74, 6) is -0.411. The number of carbonyl (C=O) groups excluding carboxylic acids is 3. The molecule has 1 heterocycles. The van der Waals surface area contributed by atoms with E-state index >= 15 is 0 Å². The number of esters is 1. The molecule has 2 aromatic rings. The average molecular weight is 371 g/mol. The Kier molecular flexibility index (Phi) is 4.99. The summed E-state index contributed by atoms with van der Waals surface area (Å²) in [6, 6.07) is 10.3. The molecule has 2 amide bonds. The van der Waals surface area contributed by atoms with E-state index in [4.69, 9.17) is 4.74 Å². The summed E-state index contributed by atoms with van der Waals surface area (Å²) in [6.45, 7) is 1.47. The first-order valence-electron chi connectivity index (χ1n) is 7.88. The average Bonchev–Trinajstić information content (AvgIpc) is 2.94. The Bertz CT molecular complexity index is 937. The van der Waals surface area contributed by atoms with Crippen LogP contribution in [0.3, 0.4) is 0 Å². The number of methoxy groups -OCH3 is 2. The van der Waals surface area contributed by atoms with Gasteiger partial charge in [0.25, 0.3) is 11.1 Å². The molecule has 7 heteroatoms. The molecule has 6 nitrogen and oxygen atoms in total. The topological polar surface area (TPSA) is 72.9 Å². The first kappa shape index (κ1) is 18.0. The summed E-state index contributed by atoms with van der Waals surface area (Å²) in [5.41, 5.74) is 0.789. The largest absolute Gasteiger partial charge is 0.496 e. The first-order chi connectivity index (χ1) is 12.5. The Morgan fingerprint density at radius 2 is 1.81 bits per heavy atom. The highest BCUT2D eigenvalue weighted by Crippen LogP contribution is 2.36. The van der Waals surface area contributed by atoms with Gasteiger partial charge in [0.05, 0.1) is 19.1 Å². The zero-order chi connectivity index (χ0) is 18.8. The fourth-order valence-electron chi connectivity index (χ4n) is 2.83. The van der Waals surface area contributed by atoms with Crippen molar-refractivity contribution in [1.29, 1.82) is 0 Å². The number of carbonyl (C=O) groups is 3. The number of rotatable bonds is 4. The number of benzene rings is 2. The van der Waals surface area contributed by atoms with Gasteiger partial charge in [0.15, 0.2) is 0 Å². The van der Waals surface area contributed by atoms with Crippen LogP contribution >= 0.6 is 11.8 Å². The lowest BCUT2D eigenvalue weighted by Crippen LogP contribution is -2.42. The van der Waals surface area contributed by atoms with Crippen molar-refractivity contribution in [3.8, 4) is 5.75 Å². The Hall–Kier alpha value is -2.80. The fraction of sp³-hybridized carbons (Fsp3) is 0.211. The van der Waals surface area contributed by atoms with Gasteiger partial charge in [-0.05, 0) is 41.8 Å². The van der Waals surface area contributed by atoms with E-state index in [0.717, 1.165) is 38.7 Å². The monoisotopic (exact) mass is 371 g/mol. The van der Waals surface area contributed by atoms with E-state index in [1.807, 2.05) is 36.4 Å². The number of amides is 2. The molecule has 134 valence electrons. The minimum Gasteiger partial charge on any atom is -0.496 e. The maximum absolute atomic E-state index is 12.6. The van der Waals surface area contributed by atoms with E-state index in [1.165, 1.54) is 14.0 Å². The SMILES string of the molecule is COC(=O)[C@H](C)N1C(=O)S/C(=C/c2ccc(OC)c3ccccc23)C1=O. The second-order valence-electron chi connectivity index (χ2n) is 5.65. The molecule has 0 saturated carbocycles. The molecule has 1 aliphatic heterocycles. The summed E-state index contributed by atoms with van der Waals surface area (Å²) in [7, 11) is 2.82. The van der Waals surface area contributed by atoms with Gasteiger partial charge in [-0.3, -0.25) is 14.5 Å². The minimum absolute atomic E-state index is 0.265. The fourth-order valence-corrected chi connectivity index (χ4v) is 3.73. The quantitative estimate of drug-likeness (QED) is 0.605. The molecule has 0 unspecified atom stereocenters. The van der Waals surface area contributed by atoms with Gasteiger partial charge in [-0.2, -0.15) is 0 Å². The Morgan fingerprint density at radius 3 is 2.46 bits per heavy atom. The number of imide groups is 1. The van der Waals surface area contributed by atoms with Crippen molar-refractivity contribution in [1.82, 2.24) is 4.90 Å². The van der Waals surface area contributed by atoms with Gasteiger partial charge in [0.2, 0.25) is 0 Å². The highest BCUT2D eigenvalue weighted by Gasteiger charge is 2.41. The number of hydrogen-bond donors (Lipinski definition) is 0. The molecular weight excluding hydrogens is 354 g/mol. The van der Waals surface area contributed by atoms with E-state index < -0.39 is 23.2 Å². The van der Waals surface area contributed by atoms with Gasteiger partial charge in [0.1, 0.15) is 11.8 Å². The van der Waals surface area contributed by atoms with E-state index in [-0.39, 0.29) is 4.91 Å². The standard InChI is InChI=1S/C19H17NO5S/c1-11(18(22)25-3)20-17(21)16(26-19(20)23)10-12-8-9-15(24-2)14-7-5-4-6-13(12)14/h4-11H,1-3H3/b16-10+/t11-/m0/s1. The van der Waals surface area contributed by atoms with Crippen LogP contribution < -0.4 is 4.74 Å². The van der Waals surface area contributed by atoms with Crippen LogP contribution in [0.15, 0.2) is 41.3 Å². The predicted octanol–water partition coefficient (Wildman–Crippen LogP) is 3.45. The van der Waals surface area contributed by atoms with E-state index in [0.29, 0.717) is 0 Å². The van der Waals surface area contributed by atoms with Crippen LogP contribution in [0.2, 0.25) is 0 Å². The molecule has 0 radical (unpaired) electrons. The summed E-state index contributed by atoms with van der Waals surface area (Å²) in [5, 5.41) is 1.32. The summed E-state index contributed by atoms with van der Waals surface area (Å²) in [6.07, 6.45) is 1.66. The third-order valence-electron chi connectivity index (χ3n) is 4.18. The van der Waals surface area contributed by atoms with Crippen LogP contribution in [-0.4, -0.2) is 42.3 Å². The number of hydrogen-bond acceptors (Lipinski definition) is 6. The van der Waals surface area contributed by atoms with Gasteiger partial charge in [0, 0.05) is 5.39 Å². The molecule has 1 aliphatic rings. The van der Waals surface area contributed by atoms with Gasteiger partial charge >= 0.3 is 5.97 Å². The molecule has 0 aromatic heterocycles. The Morgan fingerprint density at radius 1 is 1.12 bits per heavy atom. The van der Waals surface area contributed by atoms with Gasteiger partial charge in [-0.15, -0.1) is 0 Å². The van der Waals surface area contributed by atoms with Gasteiger partial charge in [-0.1, -0.05) is 30.3 Å². The molecule has 0 N–H and O–H groups in total. The summed E-state index contributed by atoms with van der Waals surface area (Å²) >= 11 is 0.811. The molecular formula is C19H17NO5S. The highest BCUT2D eigenvalue weighted by atomic mass is 32.2. The number of nitrogens with zero attached hydrogens (tertiary/aromatic N) is 1. The second-order valence-corrected chi connectivity index (χ2v) is 6.65. The Labute approximate surface area is 154 Å². The predicted molar refractivity (Wildman–Crippen MR) is 99.8 cm³/mol. The van der Waals surface area contributed by atoms with Crippen LogP contribution in [0.25, 0.3) is 16.8 Å². The molecule has 1 fully saturated rings. The van der Waals surface area contributed by atoms with E-state index in [2.05, 4.69) is 4.74 Å². The Balaban J connectivity index is 2.02. The van der Waals surface area contributed by atoms with Crippen LogP contribution in [0, 0.1) is 0 Å². The lowest BCUT2D eigenvalue weighted by atomic mass is 10.0. The van der Waals surface area contributed by atoms with Crippen molar-refractivity contribution in [3.63, 3.8) is 0 Å². The maximum atomic E-state index is 12.6. The van der Waals surface area contributed by atoms with Crippen molar-refractivity contribution < 1.29 is 23.9 Å². The van der Waals surface area contributed by atoms with Crippen molar-refractivity contribution in [2.75, 3.05) is 14.2 Å². The number of thioether (sulfide) groups is 1. The molecule has 3 rings (SSSR count). The van der Waals surface area contributed by atoms with Crippen molar-refractivity contribution in [2.24, 2.45) is 0 Å². The molecule has 0 spiro atoms. The van der Waals surface area contributed by atoms with Crippen LogP contribution in [0.5, 0.6) is 5.75 Å². The van der Waals surface area contributed by atoms with E-state index in [9.17, 15) is 14.4 Å². The maximum Gasteiger partial charge on any atom is 0.328 e. The van der Waals surface area contributed by atoms with Crippen molar-refractivity contribution >= 4 is 45.7 Å². The zero-order valence-electron chi connectivity index (χ0n) is 14.5. The first-order valence-corrected chi connectivity index (χ1v) is 8.70. The number of fused-ring (bicyclic) bond motifs is 1. The summed E-state index contributed by atoms with van der Waals surface area (Å²) in [4.78, 5) is 37.7. The molecule has 26 heavy (non-hydrogen) atoms. The van der Waals surface area contributed by atoms with Crippen molar-refractivity contribution in [3.05, 3.63) is 46.9 Å². The number of ether oxygens (including phenoxy) is 2. The zero-order valence-corrected chi connectivity index (χ0v) is 15.3. The smallest absolute Gasteiger partial charge is 0.328 e. The van der Waals surface area contributed by atoms with E-state index in [1.54, 1.807) is 13.2 Å². The summed E-state index contributed by atoms with van der Waals surface area (Å²) < 4.78 is 10.0. The molecule has 1 saturated heterocycles. The lowest BCUT2D eigenvalue weighted by molar-refractivity contribution is -0.148. The third-order valence-corrected chi connectivity index (χ3v) is 5.06. The van der Waals surface area contributed by atoms with Crippen LogP contribution in [0.1, 0.15) is 12.5 Å². The normalized spacial score (nSPS) is 17.0. The molecule has 0 aliphatic carbocycles. The minimum atomic E-state index is -0.967. The molecule has 0 bridgehead atoms. The molecule has 2 aromatic carbocycles. The van der Waals surface area contributed by atoms with Crippen LogP contribution in [-0.2, 0) is 14.3 Å². The highest BCUT2D eigenvalue weighted by molar-refractivity contribution is 8.18. The van der Waals surface area contributed by atoms with Gasteiger partial charge in [-0.25, -0.2) is 4.79 Å². The van der Waals surface area contributed by atoms with Crippen LogP contribution in [0.4, 0.5) is 4.79 Å².